The van der Waals surface area contributed by atoms with Gasteiger partial charge < -0.3 is 16.0 Å². The zero-order valence-electron chi connectivity index (χ0n) is 15.7. The van der Waals surface area contributed by atoms with E-state index in [0.717, 1.165) is 24.5 Å². The Labute approximate surface area is 161 Å². The molecule has 1 aliphatic rings. The molecule has 6 heteroatoms. The molecule has 0 spiro atoms. The Morgan fingerprint density at radius 2 is 1.85 bits per heavy atom. The van der Waals surface area contributed by atoms with Crippen LogP contribution in [-0.4, -0.2) is 43.7 Å². The molecular formula is C20H31N3O2S. The molecule has 2 rings (SSSR count). The fourth-order valence-electron chi connectivity index (χ4n) is 3.16. The Kier molecular flexibility index (Phi) is 9.56. The highest BCUT2D eigenvalue weighted by Crippen LogP contribution is 2.24. The van der Waals surface area contributed by atoms with Gasteiger partial charge in [-0.15, -0.1) is 11.8 Å². The highest BCUT2D eigenvalue weighted by molar-refractivity contribution is 8.00. The summed E-state index contributed by atoms with van der Waals surface area (Å²) >= 11 is 1.43. The van der Waals surface area contributed by atoms with E-state index in [-0.39, 0.29) is 11.8 Å². The molecule has 1 aliphatic carbocycles. The van der Waals surface area contributed by atoms with Crippen LogP contribution in [-0.2, 0) is 4.79 Å². The Hall–Kier alpha value is -1.53. The first kappa shape index (κ1) is 20.8. The van der Waals surface area contributed by atoms with Crippen molar-refractivity contribution in [2.24, 2.45) is 5.92 Å². The van der Waals surface area contributed by atoms with Gasteiger partial charge in [0.15, 0.2) is 0 Å². The van der Waals surface area contributed by atoms with Crippen molar-refractivity contribution in [3.63, 3.8) is 0 Å². The van der Waals surface area contributed by atoms with E-state index in [1.165, 1.54) is 43.9 Å². The molecule has 1 aromatic carbocycles. The van der Waals surface area contributed by atoms with Crippen molar-refractivity contribution in [1.82, 2.24) is 16.0 Å². The number of rotatable bonds is 10. The largest absolute Gasteiger partial charge is 0.355 e. The number of amides is 2. The van der Waals surface area contributed by atoms with Gasteiger partial charge in [0.2, 0.25) is 5.91 Å². The third-order valence-electron chi connectivity index (χ3n) is 4.64. The molecule has 0 saturated heterocycles. The molecule has 2 amide bonds. The van der Waals surface area contributed by atoms with Crippen molar-refractivity contribution in [1.29, 1.82) is 0 Å². The minimum absolute atomic E-state index is 0.0444. The van der Waals surface area contributed by atoms with Crippen LogP contribution in [0.1, 0.15) is 49.4 Å². The van der Waals surface area contributed by atoms with Crippen LogP contribution in [0, 0.1) is 5.92 Å². The molecule has 0 radical (unpaired) electrons. The third kappa shape index (κ3) is 7.38. The van der Waals surface area contributed by atoms with Crippen LogP contribution < -0.4 is 16.0 Å². The molecule has 0 atom stereocenters. The first-order valence-electron chi connectivity index (χ1n) is 9.68. The maximum atomic E-state index is 12.4. The molecule has 1 aromatic rings. The smallest absolute Gasteiger partial charge is 0.252 e. The number of benzene rings is 1. The SMILES string of the molecule is CCNCCNC(=O)c1ccccc1SCC(=O)NCC1CCCCC1. The fraction of sp³-hybridized carbons (Fsp3) is 0.600. The van der Waals surface area contributed by atoms with Crippen molar-refractivity contribution in [3.8, 4) is 0 Å². The van der Waals surface area contributed by atoms with Crippen LogP contribution in [0.15, 0.2) is 29.2 Å². The van der Waals surface area contributed by atoms with Crippen LogP contribution >= 0.6 is 11.8 Å². The highest BCUT2D eigenvalue weighted by atomic mass is 32.2. The van der Waals surface area contributed by atoms with E-state index in [0.29, 0.717) is 23.8 Å². The van der Waals surface area contributed by atoms with Gasteiger partial charge in [-0.1, -0.05) is 38.3 Å². The molecular weight excluding hydrogens is 346 g/mol. The summed E-state index contributed by atoms with van der Waals surface area (Å²) in [4.78, 5) is 25.3. The van der Waals surface area contributed by atoms with E-state index in [9.17, 15) is 9.59 Å². The number of hydrogen-bond acceptors (Lipinski definition) is 4. The first-order valence-corrected chi connectivity index (χ1v) is 10.7. The maximum Gasteiger partial charge on any atom is 0.252 e. The second kappa shape index (κ2) is 12.0. The van der Waals surface area contributed by atoms with Crippen molar-refractivity contribution in [2.45, 2.75) is 43.9 Å². The second-order valence-corrected chi connectivity index (χ2v) is 7.72. The summed E-state index contributed by atoms with van der Waals surface area (Å²) in [5.74, 6) is 0.929. The molecule has 0 unspecified atom stereocenters. The van der Waals surface area contributed by atoms with E-state index in [1.807, 2.05) is 31.2 Å². The number of carbonyl (C=O) groups is 2. The molecule has 0 aliphatic heterocycles. The van der Waals surface area contributed by atoms with Crippen LogP contribution in [0.5, 0.6) is 0 Å². The monoisotopic (exact) mass is 377 g/mol. The number of nitrogens with one attached hydrogen (secondary N) is 3. The minimum Gasteiger partial charge on any atom is -0.355 e. The van der Waals surface area contributed by atoms with Crippen LogP contribution in [0.3, 0.4) is 0 Å². The van der Waals surface area contributed by atoms with Gasteiger partial charge in [0, 0.05) is 24.5 Å². The summed E-state index contributed by atoms with van der Waals surface area (Å²) in [6.07, 6.45) is 6.34. The van der Waals surface area contributed by atoms with Gasteiger partial charge >= 0.3 is 0 Å². The minimum atomic E-state index is -0.0892. The van der Waals surface area contributed by atoms with Crippen molar-refractivity contribution in [2.75, 3.05) is 31.9 Å². The van der Waals surface area contributed by atoms with Gasteiger partial charge in [0.25, 0.3) is 5.91 Å². The number of hydrogen-bond donors (Lipinski definition) is 3. The predicted molar refractivity (Wildman–Crippen MR) is 108 cm³/mol. The standard InChI is InChI=1S/C20H31N3O2S/c1-2-21-12-13-22-20(25)17-10-6-7-11-18(17)26-15-19(24)23-14-16-8-4-3-5-9-16/h6-7,10-11,16,21H,2-5,8-9,12-15H2,1H3,(H,22,25)(H,23,24). The fourth-order valence-corrected chi connectivity index (χ4v) is 4.04. The molecule has 0 heterocycles. The van der Waals surface area contributed by atoms with Crippen molar-refractivity contribution < 1.29 is 9.59 Å². The van der Waals surface area contributed by atoms with Gasteiger partial charge in [-0.05, 0) is 37.4 Å². The lowest BCUT2D eigenvalue weighted by molar-refractivity contribution is -0.118. The lowest BCUT2D eigenvalue weighted by Gasteiger charge is -2.21. The molecule has 3 N–H and O–H groups in total. The van der Waals surface area contributed by atoms with Crippen LogP contribution in [0.2, 0.25) is 0 Å². The molecule has 144 valence electrons. The normalized spacial score (nSPS) is 14.8. The lowest BCUT2D eigenvalue weighted by Crippen LogP contribution is -2.32. The summed E-state index contributed by atoms with van der Waals surface area (Å²) in [7, 11) is 0. The number of carbonyl (C=O) groups excluding carboxylic acids is 2. The quantitative estimate of drug-likeness (QED) is 0.433. The highest BCUT2D eigenvalue weighted by Gasteiger charge is 2.15. The number of thioether (sulfide) groups is 1. The molecule has 26 heavy (non-hydrogen) atoms. The molecule has 5 nitrogen and oxygen atoms in total. The Bertz CT molecular complexity index is 574. The molecule has 0 aromatic heterocycles. The Morgan fingerprint density at radius 3 is 2.62 bits per heavy atom. The zero-order chi connectivity index (χ0) is 18.6. The molecule has 0 bridgehead atoms. The van der Waals surface area contributed by atoms with E-state index in [4.69, 9.17) is 0 Å². The Balaban J connectivity index is 1.77. The summed E-state index contributed by atoms with van der Waals surface area (Å²) in [5.41, 5.74) is 0.633. The lowest BCUT2D eigenvalue weighted by atomic mass is 9.89. The van der Waals surface area contributed by atoms with Gasteiger partial charge in [-0.3, -0.25) is 9.59 Å². The summed E-state index contributed by atoms with van der Waals surface area (Å²) in [6, 6.07) is 7.47. The average molecular weight is 378 g/mol. The summed E-state index contributed by atoms with van der Waals surface area (Å²) < 4.78 is 0. The molecule has 1 saturated carbocycles. The predicted octanol–water partition coefficient (Wildman–Crippen LogP) is 2.81. The van der Waals surface area contributed by atoms with Gasteiger partial charge in [-0.25, -0.2) is 0 Å². The van der Waals surface area contributed by atoms with Crippen molar-refractivity contribution >= 4 is 23.6 Å². The summed E-state index contributed by atoms with van der Waals surface area (Å²) in [5, 5.41) is 9.14. The van der Waals surface area contributed by atoms with E-state index < -0.39 is 0 Å². The average Bonchev–Trinajstić information content (AvgIpc) is 2.69. The first-order chi connectivity index (χ1) is 12.7. The molecule has 1 fully saturated rings. The maximum absolute atomic E-state index is 12.4. The van der Waals surface area contributed by atoms with Crippen LogP contribution in [0.4, 0.5) is 0 Å². The number of likely N-dealkylation sites (N-methyl/N-ethyl adjacent to an activating group) is 1. The topological polar surface area (TPSA) is 70.2 Å². The third-order valence-corrected chi connectivity index (χ3v) is 5.71. The van der Waals surface area contributed by atoms with Gasteiger partial charge in [-0.2, -0.15) is 0 Å². The summed E-state index contributed by atoms with van der Waals surface area (Å²) in [6.45, 7) is 5.05. The van der Waals surface area contributed by atoms with E-state index in [1.54, 1.807) is 0 Å². The van der Waals surface area contributed by atoms with Gasteiger partial charge in [0.05, 0.1) is 11.3 Å². The zero-order valence-corrected chi connectivity index (χ0v) is 16.5. The second-order valence-electron chi connectivity index (χ2n) is 6.70. The van der Waals surface area contributed by atoms with E-state index in [2.05, 4.69) is 16.0 Å². The Morgan fingerprint density at radius 1 is 1.08 bits per heavy atom. The van der Waals surface area contributed by atoms with Crippen LogP contribution in [0.25, 0.3) is 0 Å². The van der Waals surface area contributed by atoms with E-state index >= 15 is 0 Å². The van der Waals surface area contributed by atoms with Crippen molar-refractivity contribution in [3.05, 3.63) is 29.8 Å². The van der Waals surface area contributed by atoms with Gasteiger partial charge in [0.1, 0.15) is 0 Å².